The molecule has 1 nitrogen and oxygen atoms in total. The van der Waals surface area contributed by atoms with E-state index in [1.165, 1.54) is 16.7 Å². The van der Waals surface area contributed by atoms with Crippen LogP contribution in [0.2, 0.25) is 0 Å². The van der Waals surface area contributed by atoms with Crippen molar-refractivity contribution in [2.45, 2.75) is 34.6 Å². The largest absolute Gasteiger partial charge is 0.501 e. The molecule has 0 aromatic carbocycles. The molecule has 144 valence electrons. The van der Waals surface area contributed by atoms with Crippen molar-refractivity contribution < 1.29 is 4.74 Å². The lowest BCUT2D eigenvalue weighted by Gasteiger charge is -1.94. The lowest BCUT2D eigenvalue weighted by molar-refractivity contribution is 0.294. The van der Waals surface area contributed by atoms with Gasteiger partial charge in [0.25, 0.3) is 0 Å². The lowest BCUT2D eigenvalue weighted by Crippen LogP contribution is -1.76. The fourth-order valence-corrected chi connectivity index (χ4v) is 1.76. The number of hydrogen-bond donors (Lipinski definition) is 0. The summed E-state index contributed by atoms with van der Waals surface area (Å²) >= 11 is 0. The van der Waals surface area contributed by atoms with Gasteiger partial charge in [-0.3, -0.25) is 0 Å². The second-order valence-corrected chi connectivity index (χ2v) is 6.29. The molecule has 0 radical (unpaired) electrons. The molecule has 0 amide bonds. The van der Waals surface area contributed by atoms with Crippen LogP contribution in [0, 0.1) is 0 Å². The first-order valence-electron chi connectivity index (χ1n) is 9.12. The van der Waals surface area contributed by atoms with Crippen LogP contribution in [0.15, 0.2) is 120 Å². The zero-order valence-corrected chi connectivity index (χ0v) is 17.7. The third kappa shape index (κ3) is 15.2. The molecule has 0 aromatic rings. The van der Waals surface area contributed by atoms with E-state index in [4.69, 9.17) is 4.74 Å². The van der Waals surface area contributed by atoms with Crippen molar-refractivity contribution >= 4 is 0 Å². The second kappa shape index (κ2) is 15.5. The first-order valence-corrected chi connectivity index (χ1v) is 9.12. The summed E-state index contributed by atoms with van der Waals surface area (Å²) in [5.41, 5.74) is 4.73. The third-order valence-electron chi connectivity index (χ3n) is 3.60. The smallest absolute Gasteiger partial charge is 0.0924 e. The Labute approximate surface area is 166 Å². The summed E-state index contributed by atoms with van der Waals surface area (Å²) in [6.07, 6.45) is 28.5. The van der Waals surface area contributed by atoms with Crippen LogP contribution in [0.1, 0.15) is 34.6 Å². The molecule has 0 saturated carbocycles. The monoisotopic (exact) mass is 362 g/mol. The van der Waals surface area contributed by atoms with Crippen molar-refractivity contribution in [1.29, 1.82) is 0 Å². The van der Waals surface area contributed by atoms with Crippen molar-refractivity contribution in [3.8, 4) is 0 Å². The summed E-state index contributed by atoms with van der Waals surface area (Å²) in [4.78, 5) is 0. The Morgan fingerprint density at radius 3 is 1.33 bits per heavy atom. The van der Waals surface area contributed by atoms with Gasteiger partial charge in [0, 0.05) is 0 Å². The molecule has 0 aliphatic rings. The molecule has 27 heavy (non-hydrogen) atoms. The first kappa shape index (κ1) is 24.2. The van der Waals surface area contributed by atoms with Gasteiger partial charge in [0.2, 0.25) is 0 Å². The van der Waals surface area contributed by atoms with Gasteiger partial charge in [0.15, 0.2) is 0 Å². The zero-order chi connectivity index (χ0) is 20.5. The Balaban J connectivity index is 4.63. The highest BCUT2D eigenvalue weighted by molar-refractivity contribution is 5.31. The number of rotatable bonds is 10. The fourth-order valence-electron chi connectivity index (χ4n) is 1.76. The Hall–Kier alpha value is -2.80. The molecule has 0 unspecified atom stereocenters. The van der Waals surface area contributed by atoms with Crippen LogP contribution in [-0.4, -0.2) is 7.11 Å². The van der Waals surface area contributed by atoms with Gasteiger partial charge in [0.1, 0.15) is 0 Å². The highest BCUT2D eigenvalue weighted by Crippen LogP contribution is 2.02. The molecule has 0 fully saturated rings. The van der Waals surface area contributed by atoms with Crippen LogP contribution in [0.3, 0.4) is 0 Å². The van der Waals surface area contributed by atoms with Gasteiger partial charge >= 0.3 is 0 Å². The molecular weight excluding hydrogens is 328 g/mol. The van der Waals surface area contributed by atoms with Crippen LogP contribution < -0.4 is 0 Å². The lowest BCUT2D eigenvalue weighted by atomic mass is 10.2. The number of hydrogen-bond acceptors (Lipinski definition) is 1. The van der Waals surface area contributed by atoms with Gasteiger partial charge in [-0.1, -0.05) is 108 Å². The molecule has 0 heterocycles. The highest BCUT2D eigenvalue weighted by Gasteiger charge is 1.82. The summed E-state index contributed by atoms with van der Waals surface area (Å²) < 4.78 is 5.09. The molecule has 0 N–H and O–H groups in total. The highest BCUT2D eigenvalue weighted by atomic mass is 16.5. The first-order chi connectivity index (χ1) is 12.9. The minimum atomic E-state index is 0.892. The predicted octanol–water partition coefficient (Wildman–Crippen LogP) is 7.73. The number of allylic oxidation sites excluding steroid dienone is 19. The van der Waals surface area contributed by atoms with E-state index in [2.05, 4.69) is 82.0 Å². The summed E-state index contributed by atoms with van der Waals surface area (Å²) in [5.74, 6) is 0.892. The van der Waals surface area contributed by atoms with Crippen LogP contribution in [0.5, 0.6) is 0 Å². The fraction of sp³-hybridized carbons (Fsp3) is 0.231. The van der Waals surface area contributed by atoms with E-state index in [1.54, 1.807) is 7.11 Å². The van der Waals surface area contributed by atoms with E-state index >= 15 is 0 Å². The van der Waals surface area contributed by atoms with Crippen molar-refractivity contribution in [2.75, 3.05) is 7.11 Å². The van der Waals surface area contributed by atoms with Crippen molar-refractivity contribution in [1.82, 2.24) is 0 Å². The minimum absolute atomic E-state index is 0.892. The predicted molar refractivity (Wildman–Crippen MR) is 123 cm³/mol. The molecule has 0 aliphatic carbocycles. The average Bonchev–Trinajstić information content (AvgIpc) is 2.64. The van der Waals surface area contributed by atoms with Crippen molar-refractivity contribution in [3.05, 3.63) is 120 Å². The Morgan fingerprint density at radius 1 is 0.556 bits per heavy atom. The standard InChI is InChI=1S/C26H34O/c1-8-22(2)16-11-17-23(3)14-9-10-15-24(4)18-12-19-25(5)20-13-21-26(6)27-7/h8-21H,1H2,2-7H3/b10-9+,17-11+,18-12+,20-13+,22-16+,23-14+,24-15+,25-19+,26-21+. The topological polar surface area (TPSA) is 9.23 Å². The second-order valence-electron chi connectivity index (χ2n) is 6.29. The van der Waals surface area contributed by atoms with Crippen LogP contribution in [-0.2, 0) is 4.74 Å². The van der Waals surface area contributed by atoms with Crippen molar-refractivity contribution in [2.24, 2.45) is 0 Å². The molecule has 1 heteroatoms. The van der Waals surface area contributed by atoms with E-state index in [9.17, 15) is 0 Å². The molecular formula is C26H34O. The SMILES string of the molecule is C=C/C(C)=C/C=C/C(C)=C/C=C/C=C(C)/C=C/C=C(C)/C=C/C=C(\C)OC. The Morgan fingerprint density at radius 2 is 0.926 bits per heavy atom. The third-order valence-corrected chi connectivity index (χ3v) is 3.60. The van der Waals surface area contributed by atoms with Crippen LogP contribution in [0.25, 0.3) is 0 Å². The molecule has 0 aromatic heterocycles. The van der Waals surface area contributed by atoms with Crippen LogP contribution >= 0.6 is 0 Å². The molecule has 0 atom stereocenters. The van der Waals surface area contributed by atoms with Gasteiger partial charge in [-0.2, -0.15) is 0 Å². The Bertz CT molecular complexity index is 726. The summed E-state index contributed by atoms with van der Waals surface area (Å²) in [6.45, 7) is 13.9. The van der Waals surface area contributed by atoms with E-state index in [0.717, 1.165) is 11.3 Å². The van der Waals surface area contributed by atoms with E-state index in [1.807, 2.05) is 44.2 Å². The molecule has 0 saturated heterocycles. The van der Waals surface area contributed by atoms with Gasteiger partial charge in [-0.15, -0.1) is 0 Å². The number of ether oxygens (including phenoxy) is 1. The molecule has 0 spiro atoms. The minimum Gasteiger partial charge on any atom is -0.501 e. The summed E-state index contributed by atoms with van der Waals surface area (Å²) in [7, 11) is 1.67. The van der Waals surface area contributed by atoms with Gasteiger partial charge in [-0.25, -0.2) is 0 Å². The number of methoxy groups -OCH3 is 1. The zero-order valence-electron chi connectivity index (χ0n) is 17.7. The quantitative estimate of drug-likeness (QED) is 0.285. The van der Waals surface area contributed by atoms with Crippen molar-refractivity contribution in [3.63, 3.8) is 0 Å². The van der Waals surface area contributed by atoms with E-state index in [-0.39, 0.29) is 0 Å². The van der Waals surface area contributed by atoms with Gasteiger partial charge < -0.3 is 4.74 Å². The van der Waals surface area contributed by atoms with E-state index < -0.39 is 0 Å². The normalized spacial score (nSPS) is 15.7. The van der Waals surface area contributed by atoms with Crippen LogP contribution in [0.4, 0.5) is 0 Å². The maximum atomic E-state index is 5.09. The summed E-state index contributed by atoms with van der Waals surface area (Å²) in [5, 5.41) is 0. The molecule has 0 rings (SSSR count). The maximum Gasteiger partial charge on any atom is 0.0924 e. The Kier molecular flexibility index (Phi) is 13.9. The van der Waals surface area contributed by atoms with E-state index in [0.29, 0.717) is 0 Å². The maximum absolute atomic E-state index is 5.09. The van der Waals surface area contributed by atoms with Gasteiger partial charge in [0.05, 0.1) is 12.9 Å². The average molecular weight is 363 g/mol. The van der Waals surface area contributed by atoms with Gasteiger partial charge in [-0.05, 0) is 40.7 Å². The summed E-state index contributed by atoms with van der Waals surface area (Å²) in [6, 6.07) is 0. The molecule has 0 bridgehead atoms. The molecule has 0 aliphatic heterocycles.